The van der Waals surface area contributed by atoms with Gasteiger partial charge in [0.2, 0.25) is 15.9 Å². The van der Waals surface area contributed by atoms with Crippen LogP contribution in [-0.2, 0) is 14.8 Å². The van der Waals surface area contributed by atoms with E-state index in [-0.39, 0.29) is 5.91 Å². The maximum absolute atomic E-state index is 12.6. The quantitative estimate of drug-likeness (QED) is 0.675. The smallest absolute Gasteiger partial charge is 0.243 e. The molecule has 1 N–H and O–H groups in total. The fourth-order valence-electron chi connectivity index (χ4n) is 2.91. The molecule has 2 rings (SSSR count). The number of nitrogens with zero attached hydrogens (tertiary/aromatic N) is 2. The molecule has 140 valence electrons. The van der Waals surface area contributed by atoms with E-state index >= 15 is 0 Å². The van der Waals surface area contributed by atoms with Gasteiger partial charge in [-0.2, -0.15) is 4.31 Å². The minimum Gasteiger partial charge on any atom is -0.355 e. The van der Waals surface area contributed by atoms with Crippen LogP contribution in [0, 0.1) is 0 Å². The summed E-state index contributed by atoms with van der Waals surface area (Å²) < 4.78 is 26.6. The van der Waals surface area contributed by atoms with E-state index in [0.717, 1.165) is 19.4 Å². The van der Waals surface area contributed by atoms with E-state index in [1.807, 2.05) is 4.90 Å². The van der Waals surface area contributed by atoms with E-state index in [2.05, 4.69) is 12.2 Å². The van der Waals surface area contributed by atoms with E-state index in [0.29, 0.717) is 37.6 Å². The lowest BCUT2D eigenvalue weighted by Gasteiger charge is -2.33. The SMILES string of the molecule is CCCCCCNC(=O)CN1CCN(S(=O)(=O)c2ccccc2)CC1. The molecule has 25 heavy (non-hydrogen) atoms. The number of carbonyl (C=O) groups is 1. The summed E-state index contributed by atoms with van der Waals surface area (Å²) in [5.74, 6) is 0.0239. The van der Waals surface area contributed by atoms with Crippen LogP contribution in [0.1, 0.15) is 32.6 Å². The average Bonchev–Trinajstić information content (AvgIpc) is 2.63. The van der Waals surface area contributed by atoms with Crippen molar-refractivity contribution >= 4 is 15.9 Å². The van der Waals surface area contributed by atoms with Crippen LogP contribution in [0.15, 0.2) is 35.2 Å². The Kier molecular flexibility index (Phi) is 7.87. The zero-order valence-electron chi connectivity index (χ0n) is 15.0. The van der Waals surface area contributed by atoms with Gasteiger partial charge in [0.05, 0.1) is 11.4 Å². The van der Waals surface area contributed by atoms with Crippen molar-refractivity contribution in [3.8, 4) is 0 Å². The normalized spacial score (nSPS) is 16.7. The van der Waals surface area contributed by atoms with Gasteiger partial charge in [-0.25, -0.2) is 8.42 Å². The van der Waals surface area contributed by atoms with Crippen LogP contribution in [-0.4, -0.2) is 62.8 Å². The van der Waals surface area contributed by atoms with Crippen LogP contribution in [0.3, 0.4) is 0 Å². The van der Waals surface area contributed by atoms with Crippen molar-refractivity contribution in [2.45, 2.75) is 37.5 Å². The van der Waals surface area contributed by atoms with Gasteiger partial charge < -0.3 is 5.32 Å². The third kappa shape index (κ3) is 6.09. The molecule has 1 aromatic rings. The predicted octanol–water partition coefficient (Wildman–Crippen LogP) is 1.69. The Labute approximate surface area is 151 Å². The lowest BCUT2D eigenvalue weighted by atomic mass is 10.2. The largest absolute Gasteiger partial charge is 0.355 e. The molecule has 1 aliphatic rings. The molecule has 0 radical (unpaired) electrons. The first-order valence-corrected chi connectivity index (χ1v) is 10.5. The maximum Gasteiger partial charge on any atom is 0.243 e. The van der Waals surface area contributed by atoms with E-state index in [1.54, 1.807) is 30.3 Å². The van der Waals surface area contributed by atoms with Gasteiger partial charge in [0.15, 0.2) is 0 Å². The molecule has 1 fully saturated rings. The highest BCUT2D eigenvalue weighted by molar-refractivity contribution is 7.89. The van der Waals surface area contributed by atoms with Crippen LogP contribution in [0.5, 0.6) is 0 Å². The summed E-state index contributed by atoms with van der Waals surface area (Å²) in [5.41, 5.74) is 0. The molecule has 0 bridgehead atoms. The van der Waals surface area contributed by atoms with Crippen LogP contribution in [0.25, 0.3) is 0 Å². The zero-order chi connectivity index (χ0) is 18.1. The summed E-state index contributed by atoms with van der Waals surface area (Å²) in [5, 5.41) is 2.94. The standard InChI is InChI=1S/C18H29N3O3S/c1-2-3-4-8-11-19-18(22)16-20-12-14-21(15-13-20)25(23,24)17-9-6-5-7-10-17/h5-7,9-10H,2-4,8,11-16H2,1H3,(H,19,22). The Hall–Kier alpha value is -1.44. The Bertz CT molecular complexity index is 626. The number of carbonyl (C=O) groups excluding carboxylic acids is 1. The fraction of sp³-hybridized carbons (Fsp3) is 0.611. The molecule has 0 aromatic heterocycles. The molecular formula is C18H29N3O3S. The molecule has 1 amide bonds. The number of nitrogens with one attached hydrogen (secondary N) is 1. The van der Waals surface area contributed by atoms with Gasteiger partial charge in [-0.1, -0.05) is 44.4 Å². The summed E-state index contributed by atoms with van der Waals surface area (Å²) in [6.07, 6.45) is 4.55. The topological polar surface area (TPSA) is 69.7 Å². The summed E-state index contributed by atoms with van der Waals surface area (Å²) in [6.45, 7) is 5.22. The minimum atomic E-state index is -3.43. The van der Waals surface area contributed by atoms with Gasteiger partial charge in [-0.05, 0) is 18.6 Å². The number of sulfonamides is 1. The first-order chi connectivity index (χ1) is 12.0. The Balaban J connectivity index is 1.73. The lowest BCUT2D eigenvalue weighted by molar-refractivity contribution is -0.122. The Morgan fingerprint density at radius 3 is 2.36 bits per heavy atom. The molecule has 0 aliphatic carbocycles. The highest BCUT2D eigenvalue weighted by atomic mass is 32.2. The monoisotopic (exact) mass is 367 g/mol. The maximum atomic E-state index is 12.6. The molecule has 1 aliphatic heterocycles. The summed E-state index contributed by atoms with van der Waals surface area (Å²) in [7, 11) is -3.43. The lowest BCUT2D eigenvalue weighted by Crippen LogP contribution is -2.51. The molecule has 1 aromatic carbocycles. The van der Waals surface area contributed by atoms with Gasteiger partial charge in [0.25, 0.3) is 0 Å². The fourth-order valence-corrected chi connectivity index (χ4v) is 4.35. The van der Waals surface area contributed by atoms with Gasteiger partial charge >= 0.3 is 0 Å². The second kappa shape index (κ2) is 9.89. The number of unbranched alkanes of at least 4 members (excludes halogenated alkanes) is 3. The van der Waals surface area contributed by atoms with Crippen LogP contribution >= 0.6 is 0 Å². The second-order valence-electron chi connectivity index (χ2n) is 6.40. The molecule has 6 nitrogen and oxygen atoms in total. The van der Waals surface area contributed by atoms with Crippen molar-refractivity contribution in [1.82, 2.24) is 14.5 Å². The first kappa shape index (κ1) is 19.9. The summed E-state index contributed by atoms with van der Waals surface area (Å²) in [4.78, 5) is 14.3. The van der Waals surface area contributed by atoms with Gasteiger partial charge in [-0.15, -0.1) is 0 Å². The Morgan fingerprint density at radius 2 is 1.72 bits per heavy atom. The van der Waals surface area contributed by atoms with E-state index in [9.17, 15) is 13.2 Å². The van der Waals surface area contributed by atoms with E-state index in [1.165, 1.54) is 17.1 Å². The Morgan fingerprint density at radius 1 is 1.04 bits per heavy atom. The number of piperazine rings is 1. The van der Waals surface area contributed by atoms with E-state index in [4.69, 9.17) is 0 Å². The first-order valence-electron chi connectivity index (χ1n) is 9.08. The third-order valence-corrected chi connectivity index (χ3v) is 6.34. The number of hydrogen-bond acceptors (Lipinski definition) is 4. The molecule has 1 heterocycles. The third-order valence-electron chi connectivity index (χ3n) is 4.43. The van der Waals surface area contributed by atoms with Crippen molar-refractivity contribution in [2.24, 2.45) is 0 Å². The van der Waals surface area contributed by atoms with Crippen molar-refractivity contribution < 1.29 is 13.2 Å². The molecule has 0 atom stereocenters. The molecule has 0 saturated carbocycles. The van der Waals surface area contributed by atoms with Crippen LogP contribution in [0.2, 0.25) is 0 Å². The molecule has 0 unspecified atom stereocenters. The average molecular weight is 368 g/mol. The minimum absolute atomic E-state index is 0.0239. The van der Waals surface area contributed by atoms with Crippen molar-refractivity contribution in [3.63, 3.8) is 0 Å². The van der Waals surface area contributed by atoms with E-state index < -0.39 is 10.0 Å². The van der Waals surface area contributed by atoms with Crippen molar-refractivity contribution in [1.29, 1.82) is 0 Å². The predicted molar refractivity (Wildman–Crippen MR) is 98.8 cm³/mol. The molecular weight excluding hydrogens is 338 g/mol. The highest BCUT2D eigenvalue weighted by Gasteiger charge is 2.28. The molecule has 1 saturated heterocycles. The van der Waals surface area contributed by atoms with Gasteiger partial charge in [0.1, 0.15) is 0 Å². The van der Waals surface area contributed by atoms with Crippen LogP contribution < -0.4 is 5.32 Å². The number of hydrogen-bond donors (Lipinski definition) is 1. The van der Waals surface area contributed by atoms with Crippen LogP contribution in [0.4, 0.5) is 0 Å². The summed E-state index contributed by atoms with van der Waals surface area (Å²) in [6, 6.07) is 8.50. The molecule has 0 spiro atoms. The van der Waals surface area contributed by atoms with Gasteiger partial charge in [-0.3, -0.25) is 9.69 Å². The summed E-state index contributed by atoms with van der Waals surface area (Å²) >= 11 is 0. The van der Waals surface area contributed by atoms with Crippen molar-refractivity contribution in [2.75, 3.05) is 39.3 Å². The number of amides is 1. The second-order valence-corrected chi connectivity index (χ2v) is 8.34. The van der Waals surface area contributed by atoms with Crippen molar-refractivity contribution in [3.05, 3.63) is 30.3 Å². The number of rotatable bonds is 9. The van der Waals surface area contributed by atoms with Gasteiger partial charge in [0, 0.05) is 32.7 Å². The highest BCUT2D eigenvalue weighted by Crippen LogP contribution is 2.16. The number of benzene rings is 1. The zero-order valence-corrected chi connectivity index (χ0v) is 15.8. The molecule has 7 heteroatoms.